The Labute approximate surface area is 93.6 Å². The summed E-state index contributed by atoms with van der Waals surface area (Å²) in [5, 5.41) is 16.1. The molecule has 1 aromatic rings. The Morgan fingerprint density at radius 1 is 1.44 bits per heavy atom. The number of aliphatic carboxylic acids is 1. The number of carboxylic acid groups (broad SMARTS) is 1. The van der Waals surface area contributed by atoms with Crippen LogP contribution in [0.3, 0.4) is 0 Å². The molecule has 0 amide bonds. The SMILES string of the molecule is COC(C)(C)Cc1nnc(CCC(=O)O)o1. The van der Waals surface area contributed by atoms with Crippen molar-refractivity contribution in [2.45, 2.75) is 38.7 Å². The molecule has 0 saturated carbocycles. The average Bonchev–Trinajstić information content (AvgIpc) is 2.62. The van der Waals surface area contributed by atoms with E-state index in [1.807, 2.05) is 13.8 Å². The van der Waals surface area contributed by atoms with Gasteiger partial charge in [0.2, 0.25) is 11.8 Å². The topological polar surface area (TPSA) is 85.5 Å². The van der Waals surface area contributed by atoms with Gasteiger partial charge in [0.05, 0.1) is 18.4 Å². The molecule has 0 aliphatic rings. The number of aryl methyl sites for hydroxylation is 1. The highest BCUT2D eigenvalue weighted by Crippen LogP contribution is 2.15. The second-order valence-electron chi connectivity index (χ2n) is 4.12. The van der Waals surface area contributed by atoms with Crippen LogP contribution in [0.2, 0.25) is 0 Å². The minimum Gasteiger partial charge on any atom is -0.481 e. The van der Waals surface area contributed by atoms with Crippen LogP contribution in [-0.4, -0.2) is 34.0 Å². The fourth-order valence-corrected chi connectivity index (χ4v) is 1.11. The molecule has 0 unspecified atom stereocenters. The van der Waals surface area contributed by atoms with Gasteiger partial charge in [0, 0.05) is 13.5 Å². The van der Waals surface area contributed by atoms with E-state index in [0.29, 0.717) is 18.2 Å². The first-order valence-corrected chi connectivity index (χ1v) is 5.01. The Morgan fingerprint density at radius 2 is 2.06 bits per heavy atom. The molecule has 90 valence electrons. The van der Waals surface area contributed by atoms with E-state index in [1.54, 1.807) is 7.11 Å². The quantitative estimate of drug-likeness (QED) is 0.783. The first-order valence-electron chi connectivity index (χ1n) is 5.01. The highest BCUT2D eigenvalue weighted by atomic mass is 16.5. The van der Waals surface area contributed by atoms with Gasteiger partial charge >= 0.3 is 5.97 Å². The van der Waals surface area contributed by atoms with Crippen LogP contribution in [0.4, 0.5) is 0 Å². The van der Waals surface area contributed by atoms with E-state index in [9.17, 15) is 4.79 Å². The third-order valence-corrected chi connectivity index (χ3v) is 2.19. The Kier molecular flexibility index (Phi) is 4.00. The summed E-state index contributed by atoms with van der Waals surface area (Å²) in [5.41, 5.74) is -0.364. The van der Waals surface area contributed by atoms with Crippen molar-refractivity contribution in [3.05, 3.63) is 11.8 Å². The number of carbonyl (C=O) groups is 1. The lowest BCUT2D eigenvalue weighted by Gasteiger charge is -2.20. The van der Waals surface area contributed by atoms with Crippen molar-refractivity contribution in [1.82, 2.24) is 10.2 Å². The molecule has 1 aromatic heterocycles. The Morgan fingerprint density at radius 3 is 2.62 bits per heavy atom. The number of methoxy groups -OCH3 is 1. The first kappa shape index (κ1) is 12.6. The van der Waals surface area contributed by atoms with Gasteiger partial charge in [0.1, 0.15) is 0 Å². The van der Waals surface area contributed by atoms with Crippen molar-refractivity contribution in [3.8, 4) is 0 Å². The van der Waals surface area contributed by atoms with Crippen molar-refractivity contribution in [3.63, 3.8) is 0 Å². The minimum atomic E-state index is -0.878. The molecular formula is C10H16N2O4. The maximum absolute atomic E-state index is 10.3. The van der Waals surface area contributed by atoms with E-state index in [2.05, 4.69) is 10.2 Å². The summed E-state index contributed by atoms with van der Waals surface area (Å²) in [4.78, 5) is 10.3. The van der Waals surface area contributed by atoms with Crippen LogP contribution < -0.4 is 0 Å². The largest absolute Gasteiger partial charge is 0.481 e. The number of carboxylic acids is 1. The first-order chi connectivity index (χ1) is 7.43. The predicted octanol–water partition coefficient (Wildman–Crippen LogP) is 1.05. The molecule has 0 spiro atoms. The van der Waals surface area contributed by atoms with E-state index >= 15 is 0 Å². The normalized spacial score (nSPS) is 11.7. The number of hydrogen-bond acceptors (Lipinski definition) is 5. The molecule has 6 heteroatoms. The van der Waals surface area contributed by atoms with E-state index in [1.165, 1.54) is 0 Å². The highest BCUT2D eigenvalue weighted by Gasteiger charge is 2.21. The third-order valence-electron chi connectivity index (χ3n) is 2.19. The average molecular weight is 228 g/mol. The van der Waals surface area contributed by atoms with Crippen LogP contribution in [0, 0.1) is 0 Å². The van der Waals surface area contributed by atoms with Gasteiger partial charge < -0.3 is 14.3 Å². The van der Waals surface area contributed by atoms with Crippen LogP contribution in [-0.2, 0) is 22.4 Å². The molecule has 1 heterocycles. The van der Waals surface area contributed by atoms with Crippen LogP contribution in [0.15, 0.2) is 4.42 Å². The van der Waals surface area contributed by atoms with E-state index in [4.69, 9.17) is 14.3 Å². The Hall–Kier alpha value is -1.43. The van der Waals surface area contributed by atoms with Crippen LogP contribution in [0.1, 0.15) is 32.0 Å². The summed E-state index contributed by atoms with van der Waals surface area (Å²) in [7, 11) is 1.61. The molecule has 0 atom stereocenters. The predicted molar refractivity (Wildman–Crippen MR) is 55.0 cm³/mol. The standard InChI is InChI=1S/C10H16N2O4/c1-10(2,15-3)6-8-12-11-7(16-8)4-5-9(13)14/h4-6H2,1-3H3,(H,13,14). The zero-order valence-electron chi connectivity index (χ0n) is 9.69. The summed E-state index contributed by atoms with van der Waals surface area (Å²) in [6, 6.07) is 0. The number of aromatic nitrogens is 2. The second kappa shape index (κ2) is 5.07. The third kappa shape index (κ3) is 3.98. The van der Waals surface area contributed by atoms with Crippen LogP contribution in [0.25, 0.3) is 0 Å². The molecular weight excluding hydrogens is 212 g/mol. The van der Waals surface area contributed by atoms with Gasteiger partial charge in [-0.2, -0.15) is 0 Å². The maximum atomic E-state index is 10.3. The molecule has 0 fully saturated rings. The maximum Gasteiger partial charge on any atom is 0.303 e. The minimum absolute atomic E-state index is 0.00466. The van der Waals surface area contributed by atoms with Crippen molar-refractivity contribution in [2.24, 2.45) is 0 Å². The van der Waals surface area contributed by atoms with Crippen molar-refractivity contribution in [1.29, 1.82) is 0 Å². The van der Waals surface area contributed by atoms with E-state index in [0.717, 1.165) is 0 Å². The zero-order valence-corrected chi connectivity index (χ0v) is 9.69. The lowest BCUT2D eigenvalue weighted by atomic mass is 10.1. The molecule has 0 radical (unpaired) electrons. The van der Waals surface area contributed by atoms with Crippen LogP contribution in [0.5, 0.6) is 0 Å². The van der Waals surface area contributed by atoms with Gasteiger partial charge in [0.15, 0.2) is 0 Å². The number of ether oxygens (including phenoxy) is 1. The monoisotopic (exact) mass is 228 g/mol. The second-order valence-corrected chi connectivity index (χ2v) is 4.12. The molecule has 0 saturated heterocycles. The van der Waals surface area contributed by atoms with Crippen molar-refractivity contribution < 1.29 is 19.1 Å². The summed E-state index contributed by atoms with van der Waals surface area (Å²) in [6.45, 7) is 3.82. The molecule has 0 bridgehead atoms. The Bertz CT molecular complexity index is 359. The van der Waals surface area contributed by atoms with Gasteiger partial charge in [-0.15, -0.1) is 10.2 Å². The molecule has 1 N–H and O–H groups in total. The van der Waals surface area contributed by atoms with E-state index < -0.39 is 5.97 Å². The molecule has 16 heavy (non-hydrogen) atoms. The van der Waals surface area contributed by atoms with Crippen molar-refractivity contribution in [2.75, 3.05) is 7.11 Å². The number of hydrogen-bond donors (Lipinski definition) is 1. The van der Waals surface area contributed by atoms with Gasteiger partial charge in [-0.3, -0.25) is 4.79 Å². The lowest BCUT2D eigenvalue weighted by Crippen LogP contribution is -2.25. The fourth-order valence-electron chi connectivity index (χ4n) is 1.11. The summed E-state index contributed by atoms with van der Waals surface area (Å²) in [5.74, 6) is -0.0616. The zero-order chi connectivity index (χ0) is 12.2. The fraction of sp³-hybridized carbons (Fsp3) is 0.700. The van der Waals surface area contributed by atoms with Crippen LogP contribution >= 0.6 is 0 Å². The van der Waals surface area contributed by atoms with Gasteiger partial charge in [-0.05, 0) is 13.8 Å². The van der Waals surface area contributed by atoms with E-state index in [-0.39, 0.29) is 18.4 Å². The molecule has 0 aliphatic heterocycles. The smallest absolute Gasteiger partial charge is 0.303 e. The molecule has 1 rings (SSSR count). The summed E-state index contributed by atoms with van der Waals surface area (Å²) < 4.78 is 10.5. The lowest BCUT2D eigenvalue weighted by molar-refractivity contribution is -0.137. The number of rotatable bonds is 6. The summed E-state index contributed by atoms with van der Waals surface area (Å²) in [6.07, 6.45) is 0.759. The van der Waals surface area contributed by atoms with Gasteiger partial charge in [-0.1, -0.05) is 0 Å². The highest BCUT2D eigenvalue weighted by molar-refractivity contribution is 5.66. The van der Waals surface area contributed by atoms with Crippen molar-refractivity contribution >= 4 is 5.97 Å². The summed E-state index contributed by atoms with van der Waals surface area (Å²) >= 11 is 0. The Balaban J connectivity index is 2.54. The molecule has 0 aromatic carbocycles. The van der Waals surface area contributed by atoms with Gasteiger partial charge in [0.25, 0.3) is 0 Å². The number of nitrogens with zero attached hydrogens (tertiary/aromatic N) is 2. The molecule has 0 aliphatic carbocycles. The van der Waals surface area contributed by atoms with Gasteiger partial charge in [-0.25, -0.2) is 0 Å². The molecule has 6 nitrogen and oxygen atoms in total.